The molecule has 1 heterocycles. The molecule has 3 amide bonds. The Balaban J connectivity index is 1.37. The molecule has 2 aromatic rings. The third-order valence-corrected chi connectivity index (χ3v) is 6.64. The molecule has 2 N–H and O–H groups in total. The van der Waals surface area contributed by atoms with Crippen molar-refractivity contribution in [2.75, 3.05) is 11.9 Å². The number of halogens is 2. The fourth-order valence-corrected chi connectivity index (χ4v) is 5.02. The first-order valence-corrected chi connectivity index (χ1v) is 11.3. The van der Waals surface area contributed by atoms with Crippen molar-refractivity contribution < 1.29 is 14.0 Å². The molecule has 2 fully saturated rings. The van der Waals surface area contributed by atoms with Gasteiger partial charge in [0.25, 0.3) is 5.91 Å². The van der Waals surface area contributed by atoms with Crippen LogP contribution in [-0.2, 0) is 6.54 Å². The number of nitrogens with zero attached hydrogens (tertiary/aromatic N) is 1. The second-order valence-corrected chi connectivity index (χ2v) is 8.79. The normalized spacial score (nSPS) is 20.6. The lowest BCUT2D eigenvalue weighted by atomic mass is 9.78. The number of hydrogen-bond donors (Lipinski definition) is 2. The zero-order valence-corrected chi connectivity index (χ0v) is 18.1. The van der Waals surface area contributed by atoms with Gasteiger partial charge in [0.05, 0.1) is 10.6 Å². The van der Waals surface area contributed by atoms with Gasteiger partial charge in [-0.1, -0.05) is 36.6 Å². The Morgan fingerprint density at radius 1 is 1.03 bits per heavy atom. The summed E-state index contributed by atoms with van der Waals surface area (Å²) in [6.45, 7) is 1.05. The van der Waals surface area contributed by atoms with Crippen LogP contribution in [0.3, 0.4) is 0 Å². The highest BCUT2D eigenvalue weighted by Crippen LogP contribution is 2.36. The zero-order chi connectivity index (χ0) is 21.8. The highest BCUT2D eigenvalue weighted by molar-refractivity contribution is 6.34. The molecule has 7 heteroatoms. The molecule has 0 unspecified atom stereocenters. The molecule has 0 radical (unpaired) electrons. The Hall–Kier alpha value is -2.60. The summed E-state index contributed by atoms with van der Waals surface area (Å²) in [6, 6.07) is 10.8. The van der Waals surface area contributed by atoms with Crippen LogP contribution < -0.4 is 10.6 Å². The average molecular weight is 444 g/mol. The first-order chi connectivity index (χ1) is 15.0. The Labute approximate surface area is 187 Å². The lowest BCUT2D eigenvalue weighted by Gasteiger charge is -2.44. The number of hydrogen-bond acceptors (Lipinski definition) is 2. The van der Waals surface area contributed by atoms with E-state index in [0.717, 1.165) is 24.9 Å². The molecule has 1 saturated heterocycles. The molecule has 1 saturated carbocycles. The summed E-state index contributed by atoms with van der Waals surface area (Å²) in [5.74, 6) is 0.269. The Bertz CT molecular complexity index is 948. The molecular formula is C24H27ClFN3O2. The van der Waals surface area contributed by atoms with E-state index in [1.165, 1.54) is 37.8 Å². The van der Waals surface area contributed by atoms with Gasteiger partial charge < -0.3 is 15.5 Å². The molecule has 0 aromatic heterocycles. The number of rotatable bonds is 4. The highest BCUT2D eigenvalue weighted by atomic mass is 35.5. The van der Waals surface area contributed by atoms with E-state index < -0.39 is 6.03 Å². The number of likely N-dealkylation sites (tertiary alicyclic amines) is 1. The summed E-state index contributed by atoms with van der Waals surface area (Å²) in [5, 5.41) is 5.77. The third kappa shape index (κ3) is 5.18. The Morgan fingerprint density at radius 3 is 2.55 bits per heavy atom. The lowest BCUT2D eigenvalue weighted by molar-refractivity contribution is 0.0391. The molecule has 164 valence electrons. The molecule has 4 rings (SSSR count). The van der Waals surface area contributed by atoms with E-state index in [1.807, 2.05) is 4.90 Å². The standard InChI is InChI=1S/C24H27ClFN3O2/c25-21-14-19(28-24(31)27-15-16-7-9-18(26)10-8-16)11-12-20(21)23(30)29-13-3-5-17-4-1-2-6-22(17)29/h7-12,14,17,22H,1-6,13,15H2,(H2,27,28,31)/t17-,22-/m1/s1. The molecule has 0 bridgehead atoms. The summed E-state index contributed by atoms with van der Waals surface area (Å²) in [4.78, 5) is 27.4. The van der Waals surface area contributed by atoms with Gasteiger partial charge in [0.2, 0.25) is 0 Å². The first kappa shape index (κ1) is 21.6. The summed E-state index contributed by atoms with van der Waals surface area (Å²) < 4.78 is 13.0. The molecule has 1 aliphatic heterocycles. The van der Waals surface area contributed by atoms with Crippen molar-refractivity contribution in [3.05, 3.63) is 64.4 Å². The molecule has 5 nitrogen and oxygen atoms in total. The van der Waals surface area contributed by atoms with Crippen LogP contribution in [0.2, 0.25) is 5.02 Å². The summed E-state index contributed by atoms with van der Waals surface area (Å²) in [5.41, 5.74) is 1.77. The molecule has 2 aromatic carbocycles. The maximum absolute atomic E-state index is 13.2. The van der Waals surface area contributed by atoms with Crippen LogP contribution in [0.1, 0.15) is 54.4 Å². The molecule has 0 spiro atoms. The van der Waals surface area contributed by atoms with E-state index in [9.17, 15) is 14.0 Å². The van der Waals surface area contributed by atoms with E-state index in [2.05, 4.69) is 10.6 Å². The summed E-state index contributed by atoms with van der Waals surface area (Å²) in [7, 11) is 0. The van der Waals surface area contributed by atoms with Gasteiger partial charge in [-0.25, -0.2) is 9.18 Å². The van der Waals surface area contributed by atoms with Crippen molar-refractivity contribution in [1.82, 2.24) is 10.2 Å². The number of carbonyl (C=O) groups excluding carboxylic acids is 2. The maximum atomic E-state index is 13.2. The van der Waals surface area contributed by atoms with Crippen molar-refractivity contribution in [2.45, 2.75) is 51.1 Å². The molecule has 31 heavy (non-hydrogen) atoms. The van der Waals surface area contributed by atoms with Crippen LogP contribution in [0.4, 0.5) is 14.9 Å². The summed E-state index contributed by atoms with van der Waals surface area (Å²) in [6.07, 6.45) is 6.96. The molecule has 2 aliphatic rings. The van der Waals surface area contributed by atoms with Crippen molar-refractivity contribution >= 4 is 29.2 Å². The second kappa shape index (κ2) is 9.69. The van der Waals surface area contributed by atoms with E-state index in [-0.39, 0.29) is 18.3 Å². The van der Waals surface area contributed by atoms with Gasteiger partial charge >= 0.3 is 6.03 Å². The van der Waals surface area contributed by atoms with Gasteiger partial charge in [0, 0.05) is 24.8 Å². The topological polar surface area (TPSA) is 61.4 Å². The van der Waals surface area contributed by atoms with Gasteiger partial charge in [-0.05, 0) is 67.5 Å². The Kier molecular flexibility index (Phi) is 6.76. The molecular weight excluding hydrogens is 417 g/mol. The zero-order valence-electron chi connectivity index (χ0n) is 17.4. The number of nitrogens with one attached hydrogen (secondary N) is 2. The van der Waals surface area contributed by atoms with Crippen LogP contribution >= 0.6 is 11.6 Å². The van der Waals surface area contributed by atoms with Gasteiger partial charge in [-0.2, -0.15) is 0 Å². The van der Waals surface area contributed by atoms with Crippen molar-refractivity contribution in [3.8, 4) is 0 Å². The van der Waals surface area contributed by atoms with Gasteiger partial charge in [0.15, 0.2) is 0 Å². The minimum Gasteiger partial charge on any atom is -0.335 e. The van der Waals surface area contributed by atoms with Crippen molar-refractivity contribution in [3.63, 3.8) is 0 Å². The minimum atomic E-state index is -0.402. The highest BCUT2D eigenvalue weighted by Gasteiger charge is 2.36. The van der Waals surface area contributed by atoms with E-state index in [1.54, 1.807) is 30.3 Å². The lowest BCUT2D eigenvalue weighted by Crippen LogP contribution is -2.49. The van der Waals surface area contributed by atoms with Crippen LogP contribution in [0.5, 0.6) is 0 Å². The number of anilines is 1. The van der Waals surface area contributed by atoms with E-state index >= 15 is 0 Å². The first-order valence-electron chi connectivity index (χ1n) is 10.9. The van der Waals surface area contributed by atoms with Crippen LogP contribution in [0.25, 0.3) is 0 Å². The predicted molar refractivity (Wildman–Crippen MR) is 120 cm³/mol. The Morgan fingerprint density at radius 2 is 1.77 bits per heavy atom. The fraction of sp³-hybridized carbons (Fsp3) is 0.417. The predicted octanol–water partition coefficient (Wildman–Crippen LogP) is 5.60. The van der Waals surface area contributed by atoms with Gasteiger partial charge in [-0.15, -0.1) is 0 Å². The van der Waals surface area contributed by atoms with Crippen molar-refractivity contribution in [2.24, 2.45) is 5.92 Å². The van der Waals surface area contributed by atoms with Crippen LogP contribution in [-0.4, -0.2) is 29.4 Å². The smallest absolute Gasteiger partial charge is 0.319 e. The third-order valence-electron chi connectivity index (χ3n) is 6.33. The van der Waals surface area contributed by atoms with Gasteiger partial charge in [0.1, 0.15) is 5.82 Å². The number of fused-ring (bicyclic) bond motifs is 1. The largest absolute Gasteiger partial charge is 0.335 e. The SMILES string of the molecule is O=C(NCc1ccc(F)cc1)Nc1ccc(C(=O)N2CCC[C@H]3CCCC[C@H]32)c(Cl)c1. The average Bonchev–Trinajstić information content (AvgIpc) is 2.78. The van der Waals surface area contributed by atoms with E-state index in [0.29, 0.717) is 28.2 Å². The maximum Gasteiger partial charge on any atom is 0.319 e. The second-order valence-electron chi connectivity index (χ2n) is 8.38. The minimum absolute atomic E-state index is 0.0195. The number of piperidine rings is 1. The van der Waals surface area contributed by atoms with Crippen LogP contribution in [0, 0.1) is 11.7 Å². The van der Waals surface area contributed by atoms with Crippen LogP contribution in [0.15, 0.2) is 42.5 Å². The number of urea groups is 1. The number of carbonyl (C=O) groups is 2. The number of amides is 3. The number of benzene rings is 2. The van der Waals surface area contributed by atoms with E-state index in [4.69, 9.17) is 11.6 Å². The fourth-order valence-electron chi connectivity index (χ4n) is 4.76. The molecule has 2 atom stereocenters. The quantitative estimate of drug-likeness (QED) is 0.646. The molecule has 1 aliphatic carbocycles. The monoisotopic (exact) mass is 443 g/mol. The summed E-state index contributed by atoms with van der Waals surface area (Å²) >= 11 is 6.44. The van der Waals surface area contributed by atoms with Gasteiger partial charge in [-0.3, -0.25) is 4.79 Å². The van der Waals surface area contributed by atoms with Crippen molar-refractivity contribution in [1.29, 1.82) is 0 Å².